The van der Waals surface area contributed by atoms with Gasteiger partial charge in [0.15, 0.2) is 17.4 Å². The molecule has 0 aliphatic heterocycles. The topological polar surface area (TPSA) is 174 Å². The Balaban J connectivity index is 1.55. The van der Waals surface area contributed by atoms with Crippen molar-refractivity contribution in [3.63, 3.8) is 0 Å². The predicted molar refractivity (Wildman–Crippen MR) is 163 cm³/mol. The largest absolute Gasteiger partial charge is 0.478 e. The second-order valence-corrected chi connectivity index (χ2v) is 11.1. The minimum atomic E-state index is -3.88. The second-order valence-electron chi connectivity index (χ2n) is 9.38. The van der Waals surface area contributed by atoms with Gasteiger partial charge in [0.2, 0.25) is 10.0 Å². The van der Waals surface area contributed by atoms with E-state index in [1.54, 1.807) is 0 Å². The number of halogens is 2. The highest BCUT2D eigenvalue weighted by Crippen LogP contribution is 2.30. The van der Waals surface area contributed by atoms with Crippen molar-refractivity contribution in [2.75, 3.05) is 92.4 Å². The average molecular weight is 677 g/mol. The summed E-state index contributed by atoms with van der Waals surface area (Å²) in [4.78, 5) is 10.8. The Kier molecular flexibility index (Phi) is 19.1. The number of sulfonamides is 1. The van der Waals surface area contributed by atoms with Crippen LogP contribution in [0.2, 0.25) is 0 Å². The summed E-state index contributed by atoms with van der Waals surface area (Å²) in [5.74, 6) is -4.05. The Morgan fingerprint density at radius 2 is 1.22 bits per heavy atom. The zero-order valence-electron chi connectivity index (χ0n) is 25.7. The number of hydrogen-bond donors (Lipinski definition) is 3. The van der Waals surface area contributed by atoms with Crippen molar-refractivity contribution in [3.8, 4) is 11.5 Å². The van der Waals surface area contributed by atoms with Gasteiger partial charge in [-0.3, -0.25) is 0 Å². The van der Waals surface area contributed by atoms with Crippen LogP contribution in [0, 0.1) is 11.6 Å². The highest BCUT2D eigenvalue weighted by Gasteiger charge is 2.16. The number of hydrogen-bond acceptors (Lipinski definition) is 11. The van der Waals surface area contributed by atoms with Gasteiger partial charge in [-0.25, -0.2) is 26.7 Å². The van der Waals surface area contributed by atoms with Gasteiger partial charge >= 0.3 is 5.97 Å². The van der Waals surface area contributed by atoms with Gasteiger partial charge in [-0.1, -0.05) is 0 Å². The van der Waals surface area contributed by atoms with Crippen molar-refractivity contribution >= 4 is 22.1 Å². The lowest BCUT2D eigenvalue weighted by molar-refractivity contribution is -0.132. The van der Waals surface area contributed by atoms with E-state index in [1.165, 1.54) is 31.2 Å². The molecule has 0 bridgehead atoms. The molecule has 0 heterocycles. The van der Waals surface area contributed by atoms with Crippen LogP contribution in [0.1, 0.15) is 12.5 Å². The molecule has 0 fully saturated rings. The molecule has 2 aromatic carbocycles. The van der Waals surface area contributed by atoms with Crippen molar-refractivity contribution in [1.29, 1.82) is 0 Å². The Bertz CT molecular complexity index is 1290. The van der Waals surface area contributed by atoms with Crippen molar-refractivity contribution in [2.45, 2.75) is 11.8 Å². The van der Waals surface area contributed by atoms with E-state index in [0.29, 0.717) is 72.6 Å². The zero-order valence-corrected chi connectivity index (χ0v) is 26.5. The maximum Gasteiger partial charge on any atom is 0.331 e. The highest BCUT2D eigenvalue weighted by atomic mass is 32.2. The lowest BCUT2D eigenvalue weighted by Crippen LogP contribution is -2.27. The summed E-state index contributed by atoms with van der Waals surface area (Å²) in [6, 6.07) is 6.81. The van der Waals surface area contributed by atoms with Crippen molar-refractivity contribution in [3.05, 3.63) is 59.2 Å². The SMILES string of the molecule is CC(=Cc1cc(F)c(Oc2ccc(S(=O)(=O)NCCOCCOCCOCCOCCOCCOCCN)cc2)c(F)c1)C(=O)O. The molecule has 0 aliphatic carbocycles. The van der Waals surface area contributed by atoms with Crippen LogP contribution in [0.5, 0.6) is 11.5 Å². The third-order valence-corrected chi connectivity index (χ3v) is 7.23. The van der Waals surface area contributed by atoms with Crippen LogP contribution in [-0.4, -0.2) is 112 Å². The first-order valence-electron chi connectivity index (χ1n) is 14.5. The fraction of sp³-hybridized carbons (Fsp3) is 0.500. The van der Waals surface area contributed by atoms with Gasteiger partial charge in [0.25, 0.3) is 0 Å². The van der Waals surface area contributed by atoms with Crippen LogP contribution < -0.4 is 15.2 Å². The first-order valence-corrected chi connectivity index (χ1v) is 16.0. The number of nitrogens with one attached hydrogen (secondary N) is 1. The number of carbonyl (C=O) groups is 1. The summed E-state index contributed by atoms with van der Waals surface area (Å²) < 4.78 is 93.7. The van der Waals surface area contributed by atoms with E-state index in [2.05, 4.69) is 4.72 Å². The molecule has 0 spiro atoms. The lowest BCUT2D eigenvalue weighted by atomic mass is 10.1. The molecule has 0 unspecified atom stereocenters. The summed E-state index contributed by atoms with van der Waals surface area (Å²) in [6.45, 7) is 6.55. The van der Waals surface area contributed by atoms with Gasteiger partial charge in [-0.15, -0.1) is 0 Å². The maximum absolute atomic E-state index is 14.4. The van der Waals surface area contributed by atoms with E-state index in [1.807, 2.05) is 0 Å². The summed E-state index contributed by atoms with van der Waals surface area (Å²) in [7, 11) is -3.88. The average Bonchev–Trinajstić information content (AvgIpc) is 3.02. The van der Waals surface area contributed by atoms with Gasteiger partial charge in [-0.2, -0.15) is 0 Å². The first kappa shape index (κ1) is 39.1. The second kappa shape index (κ2) is 22.5. The van der Waals surface area contributed by atoms with Crippen LogP contribution in [0.4, 0.5) is 8.78 Å². The lowest BCUT2D eigenvalue weighted by Gasteiger charge is -2.11. The molecule has 0 atom stereocenters. The zero-order chi connectivity index (χ0) is 33.6. The number of nitrogens with two attached hydrogens (primary N) is 1. The molecule has 2 aromatic rings. The van der Waals surface area contributed by atoms with Gasteiger partial charge < -0.3 is 44.0 Å². The monoisotopic (exact) mass is 676 g/mol. The molecule has 16 heteroatoms. The summed E-state index contributed by atoms with van der Waals surface area (Å²) in [5, 5.41) is 8.93. The number of aliphatic carboxylic acids is 1. The molecular weight excluding hydrogens is 634 g/mol. The summed E-state index contributed by atoms with van der Waals surface area (Å²) in [5.41, 5.74) is 5.22. The smallest absolute Gasteiger partial charge is 0.331 e. The predicted octanol–water partition coefficient (Wildman–Crippen LogP) is 2.58. The molecule has 0 saturated carbocycles. The molecule has 0 aliphatic rings. The molecule has 0 saturated heterocycles. The van der Waals surface area contributed by atoms with E-state index in [0.717, 1.165) is 18.2 Å². The highest BCUT2D eigenvalue weighted by molar-refractivity contribution is 7.89. The van der Waals surface area contributed by atoms with E-state index >= 15 is 0 Å². The number of rotatable bonds is 26. The summed E-state index contributed by atoms with van der Waals surface area (Å²) >= 11 is 0. The fourth-order valence-electron chi connectivity index (χ4n) is 3.49. The van der Waals surface area contributed by atoms with Crippen molar-refractivity contribution in [1.82, 2.24) is 4.72 Å². The minimum Gasteiger partial charge on any atom is -0.478 e. The van der Waals surface area contributed by atoms with Crippen molar-refractivity contribution < 1.29 is 60.3 Å². The molecule has 258 valence electrons. The Labute approximate surface area is 267 Å². The molecule has 2 rings (SSSR count). The van der Waals surface area contributed by atoms with E-state index in [9.17, 15) is 22.0 Å². The Morgan fingerprint density at radius 3 is 1.65 bits per heavy atom. The van der Waals surface area contributed by atoms with Crippen LogP contribution >= 0.6 is 0 Å². The fourth-order valence-corrected chi connectivity index (χ4v) is 4.51. The quantitative estimate of drug-likeness (QED) is 0.0983. The number of ether oxygens (including phenoxy) is 7. The molecule has 13 nitrogen and oxygen atoms in total. The van der Waals surface area contributed by atoms with E-state index in [-0.39, 0.29) is 41.5 Å². The first-order chi connectivity index (χ1) is 22.1. The Hall–Kier alpha value is -3.06. The molecule has 46 heavy (non-hydrogen) atoms. The van der Waals surface area contributed by atoms with Crippen LogP contribution in [0.3, 0.4) is 0 Å². The van der Waals surface area contributed by atoms with Gasteiger partial charge in [-0.05, 0) is 55.0 Å². The third-order valence-electron chi connectivity index (χ3n) is 5.76. The van der Waals surface area contributed by atoms with Gasteiger partial charge in [0.1, 0.15) is 5.75 Å². The Morgan fingerprint density at radius 1 is 0.783 bits per heavy atom. The normalized spacial score (nSPS) is 12.0. The van der Waals surface area contributed by atoms with Gasteiger partial charge in [0, 0.05) is 18.7 Å². The molecule has 0 aromatic heterocycles. The van der Waals surface area contributed by atoms with Gasteiger partial charge in [0.05, 0.1) is 84.2 Å². The van der Waals surface area contributed by atoms with E-state index < -0.39 is 33.4 Å². The van der Waals surface area contributed by atoms with Crippen LogP contribution in [0.15, 0.2) is 46.9 Å². The maximum atomic E-state index is 14.4. The molecular formula is C30H42F2N2O11S. The van der Waals surface area contributed by atoms with Crippen LogP contribution in [0.25, 0.3) is 6.08 Å². The number of carboxylic acid groups (broad SMARTS) is 1. The standard InChI is InChI=1S/C30H42F2N2O11S/c1-23(30(35)36)20-24-21-27(31)29(28(32)22-24)45-25-2-4-26(5-3-25)46(37,38)34-7-9-40-11-13-42-15-17-44-19-18-43-16-14-41-12-10-39-8-6-33/h2-5,20-22,34H,6-19,33H2,1H3,(H,35,36). The number of carboxylic acids is 1. The molecule has 4 N–H and O–H groups in total. The summed E-state index contributed by atoms with van der Waals surface area (Å²) in [6.07, 6.45) is 1.12. The minimum absolute atomic E-state index is 0.00828. The third kappa shape index (κ3) is 16.0. The van der Waals surface area contributed by atoms with Crippen LogP contribution in [-0.2, 0) is 43.2 Å². The van der Waals surface area contributed by atoms with E-state index in [4.69, 9.17) is 44.0 Å². The molecule has 0 amide bonds. The number of benzene rings is 2. The molecule has 0 radical (unpaired) electrons. The van der Waals surface area contributed by atoms with Crippen molar-refractivity contribution in [2.24, 2.45) is 5.73 Å².